The zero-order chi connectivity index (χ0) is 19.3. The second-order valence-corrected chi connectivity index (χ2v) is 7.15. The van der Waals surface area contributed by atoms with Crippen molar-refractivity contribution >= 4 is 11.6 Å². The van der Waals surface area contributed by atoms with E-state index < -0.39 is 6.10 Å². The van der Waals surface area contributed by atoms with Gasteiger partial charge in [-0.15, -0.1) is 0 Å². The molecule has 28 heavy (non-hydrogen) atoms. The molecule has 0 saturated carbocycles. The van der Waals surface area contributed by atoms with Crippen molar-refractivity contribution in [2.75, 3.05) is 33.3 Å². The molecule has 2 aliphatic rings. The molecule has 0 spiro atoms. The minimum atomic E-state index is -0.516. The van der Waals surface area contributed by atoms with Gasteiger partial charge >= 0.3 is 0 Å². The van der Waals surface area contributed by atoms with Crippen LogP contribution < -0.4 is 4.74 Å². The average Bonchev–Trinajstić information content (AvgIpc) is 3.25. The SMILES string of the molecule is COc1ccc(C2=NO[C@H](C(=O)N3CCN(Cc4ccccc4)CC3)C2)cc1. The van der Waals surface area contributed by atoms with Crippen LogP contribution in [0.2, 0.25) is 0 Å². The molecule has 6 nitrogen and oxygen atoms in total. The number of ether oxygens (including phenoxy) is 1. The van der Waals surface area contributed by atoms with Crippen LogP contribution in [0, 0.1) is 0 Å². The normalized spacial score (nSPS) is 19.8. The van der Waals surface area contributed by atoms with E-state index >= 15 is 0 Å². The summed E-state index contributed by atoms with van der Waals surface area (Å²) in [4.78, 5) is 22.6. The molecule has 2 heterocycles. The first-order valence-electron chi connectivity index (χ1n) is 9.65. The van der Waals surface area contributed by atoms with E-state index in [-0.39, 0.29) is 5.91 Å². The van der Waals surface area contributed by atoms with Gasteiger partial charge in [-0.1, -0.05) is 35.5 Å². The molecule has 0 bridgehead atoms. The van der Waals surface area contributed by atoms with E-state index in [4.69, 9.17) is 9.57 Å². The Hall–Kier alpha value is -2.86. The van der Waals surface area contributed by atoms with Crippen LogP contribution in [0.5, 0.6) is 5.75 Å². The van der Waals surface area contributed by atoms with Gasteiger partial charge < -0.3 is 14.5 Å². The van der Waals surface area contributed by atoms with Crippen molar-refractivity contribution in [1.29, 1.82) is 0 Å². The van der Waals surface area contributed by atoms with Gasteiger partial charge in [0.2, 0.25) is 6.10 Å². The Labute approximate surface area is 165 Å². The summed E-state index contributed by atoms with van der Waals surface area (Å²) in [6.45, 7) is 4.12. The number of nitrogens with zero attached hydrogens (tertiary/aromatic N) is 3. The zero-order valence-electron chi connectivity index (χ0n) is 16.1. The van der Waals surface area contributed by atoms with Gasteiger partial charge in [0.25, 0.3) is 5.91 Å². The molecule has 6 heteroatoms. The number of rotatable bonds is 5. The van der Waals surface area contributed by atoms with Gasteiger partial charge in [-0.05, 0) is 35.4 Å². The lowest BCUT2D eigenvalue weighted by molar-refractivity contribution is -0.143. The zero-order valence-corrected chi connectivity index (χ0v) is 16.1. The van der Waals surface area contributed by atoms with Gasteiger partial charge in [0.05, 0.1) is 12.8 Å². The minimum Gasteiger partial charge on any atom is -0.497 e. The van der Waals surface area contributed by atoms with Gasteiger partial charge in [0.15, 0.2) is 0 Å². The van der Waals surface area contributed by atoms with Crippen molar-refractivity contribution in [2.45, 2.75) is 19.1 Å². The predicted octanol–water partition coefficient (Wildman–Crippen LogP) is 2.53. The summed E-state index contributed by atoms with van der Waals surface area (Å²) in [5.74, 6) is 0.830. The van der Waals surface area contributed by atoms with Crippen LogP contribution in [0.4, 0.5) is 0 Å². The molecule has 0 aliphatic carbocycles. The van der Waals surface area contributed by atoms with Crippen LogP contribution in [0.15, 0.2) is 59.8 Å². The number of oxime groups is 1. The Morgan fingerprint density at radius 3 is 2.46 bits per heavy atom. The molecular formula is C22H25N3O3. The Balaban J connectivity index is 1.28. The van der Waals surface area contributed by atoms with Crippen LogP contribution in [-0.4, -0.2) is 60.8 Å². The minimum absolute atomic E-state index is 0.0339. The van der Waals surface area contributed by atoms with Gasteiger partial charge in [-0.2, -0.15) is 0 Å². The van der Waals surface area contributed by atoms with Crippen molar-refractivity contribution in [3.05, 3.63) is 65.7 Å². The molecular weight excluding hydrogens is 354 g/mol. The fraction of sp³-hybridized carbons (Fsp3) is 0.364. The molecule has 0 aromatic heterocycles. The smallest absolute Gasteiger partial charge is 0.266 e. The quantitative estimate of drug-likeness (QED) is 0.801. The second kappa shape index (κ2) is 8.44. The largest absolute Gasteiger partial charge is 0.497 e. The van der Waals surface area contributed by atoms with E-state index in [0.29, 0.717) is 6.42 Å². The first kappa shape index (κ1) is 18.5. The molecule has 0 unspecified atom stereocenters. The van der Waals surface area contributed by atoms with Gasteiger partial charge in [-0.3, -0.25) is 9.69 Å². The fourth-order valence-corrected chi connectivity index (χ4v) is 3.64. The average molecular weight is 379 g/mol. The summed E-state index contributed by atoms with van der Waals surface area (Å²) < 4.78 is 5.18. The molecule has 0 radical (unpaired) electrons. The highest BCUT2D eigenvalue weighted by atomic mass is 16.6. The van der Waals surface area contributed by atoms with Crippen molar-refractivity contribution in [3.63, 3.8) is 0 Å². The van der Waals surface area contributed by atoms with Crippen molar-refractivity contribution in [3.8, 4) is 5.75 Å². The summed E-state index contributed by atoms with van der Waals surface area (Å²) >= 11 is 0. The molecule has 2 aromatic rings. The maximum absolute atomic E-state index is 12.8. The maximum Gasteiger partial charge on any atom is 0.266 e. The van der Waals surface area contributed by atoms with Gasteiger partial charge in [-0.25, -0.2) is 0 Å². The molecule has 1 atom stereocenters. The highest BCUT2D eigenvalue weighted by molar-refractivity contribution is 6.04. The van der Waals surface area contributed by atoms with E-state index in [1.54, 1.807) is 7.11 Å². The van der Waals surface area contributed by atoms with E-state index in [1.807, 2.05) is 35.2 Å². The molecule has 1 amide bonds. The fourth-order valence-electron chi connectivity index (χ4n) is 3.64. The van der Waals surface area contributed by atoms with Crippen LogP contribution in [-0.2, 0) is 16.2 Å². The Morgan fingerprint density at radius 2 is 1.79 bits per heavy atom. The summed E-state index contributed by atoms with van der Waals surface area (Å²) in [6, 6.07) is 18.1. The monoisotopic (exact) mass is 379 g/mol. The lowest BCUT2D eigenvalue weighted by Crippen LogP contribution is -2.51. The van der Waals surface area contributed by atoms with E-state index in [9.17, 15) is 4.79 Å². The highest BCUT2D eigenvalue weighted by Gasteiger charge is 2.33. The first-order chi connectivity index (χ1) is 13.7. The van der Waals surface area contributed by atoms with Gasteiger partial charge in [0.1, 0.15) is 5.75 Å². The van der Waals surface area contributed by atoms with Crippen LogP contribution in [0.25, 0.3) is 0 Å². The number of benzene rings is 2. The summed E-state index contributed by atoms with van der Waals surface area (Å²) in [5.41, 5.74) is 3.08. The van der Waals surface area contributed by atoms with Crippen molar-refractivity contribution < 1.29 is 14.4 Å². The molecule has 4 rings (SSSR count). The van der Waals surface area contributed by atoms with E-state index in [0.717, 1.165) is 49.7 Å². The third-order valence-corrected chi connectivity index (χ3v) is 5.30. The maximum atomic E-state index is 12.8. The number of carbonyl (C=O) groups excluding carboxylic acids is 1. The van der Waals surface area contributed by atoms with Crippen LogP contribution in [0.1, 0.15) is 17.5 Å². The standard InChI is InChI=1S/C22H25N3O3/c1-27-19-9-7-18(8-10-19)20-15-21(28-23-20)22(26)25-13-11-24(12-14-25)16-17-5-3-2-4-6-17/h2-10,21H,11-16H2,1H3/t21-/m0/s1. The third-order valence-electron chi connectivity index (χ3n) is 5.30. The number of methoxy groups -OCH3 is 1. The van der Waals surface area contributed by atoms with Crippen molar-refractivity contribution in [1.82, 2.24) is 9.80 Å². The molecule has 1 fully saturated rings. The van der Waals surface area contributed by atoms with Crippen LogP contribution >= 0.6 is 0 Å². The van der Waals surface area contributed by atoms with Crippen LogP contribution in [0.3, 0.4) is 0 Å². The highest BCUT2D eigenvalue weighted by Crippen LogP contribution is 2.21. The molecule has 2 aromatic carbocycles. The lowest BCUT2D eigenvalue weighted by atomic mass is 10.0. The lowest BCUT2D eigenvalue weighted by Gasteiger charge is -2.35. The summed E-state index contributed by atoms with van der Waals surface area (Å²) in [7, 11) is 1.64. The van der Waals surface area contributed by atoms with Gasteiger partial charge in [0, 0.05) is 39.1 Å². The Morgan fingerprint density at radius 1 is 1.07 bits per heavy atom. The number of hydrogen-bond acceptors (Lipinski definition) is 5. The number of carbonyl (C=O) groups is 1. The molecule has 2 aliphatic heterocycles. The predicted molar refractivity (Wildman–Crippen MR) is 107 cm³/mol. The first-order valence-corrected chi connectivity index (χ1v) is 9.65. The number of amides is 1. The summed E-state index contributed by atoms with van der Waals surface area (Å²) in [5, 5.41) is 4.15. The van der Waals surface area contributed by atoms with E-state index in [1.165, 1.54) is 5.56 Å². The third kappa shape index (κ3) is 4.17. The Bertz CT molecular complexity index is 828. The van der Waals surface area contributed by atoms with E-state index in [2.05, 4.69) is 34.3 Å². The number of piperazine rings is 1. The molecule has 0 N–H and O–H groups in total. The number of hydrogen-bond donors (Lipinski definition) is 0. The summed E-state index contributed by atoms with van der Waals surface area (Å²) in [6.07, 6.45) is -0.00663. The molecule has 146 valence electrons. The molecule has 1 saturated heterocycles. The second-order valence-electron chi connectivity index (χ2n) is 7.15. The van der Waals surface area contributed by atoms with Crippen molar-refractivity contribution in [2.24, 2.45) is 5.16 Å². The topological polar surface area (TPSA) is 54.4 Å². The Kier molecular flexibility index (Phi) is 5.58.